The van der Waals surface area contributed by atoms with E-state index >= 15 is 0 Å². The number of methoxy groups -OCH3 is 2. The van der Waals surface area contributed by atoms with Crippen LogP contribution in [0.15, 0.2) is 18.3 Å². The van der Waals surface area contributed by atoms with Crippen LogP contribution >= 0.6 is 23.2 Å². The predicted octanol–water partition coefficient (Wildman–Crippen LogP) is 5.56. The highest BCUT2D eigenvalue weighted by Crippen LogP contribution is 2.46. The average Bonchev–Trinajstić information content (AvgIpc) is 3.33. The van der Waals surface area contributed by atoms with Gasteiger partial charge in [-0.25, -0.2) is 4.98 Å². The molecule has 37 heavy (non-hydrogen) atoms. The first-order valence-electron chi connectivity index (χ1n) is 12.5. The summed E-state index contributed by atoms with van der Waals surface area (Å²) in [5.41, 5.74) is 1.79. The van der Waals surface area contributed by atoms with Crippen LogP contribution in [0.1, 0.15) is 19.3 Å². The molecule has 198 valence electrons. The number of ether oxygens (including phenoxy) is 3. The molecule has 2 aliphatic heterocycles. The molecule has 2 aliphatic rings. The summed E-state index contributed by atoms with van der Waals surface area (Å²) in [4.78, 5) is 16.6. The van der Waals surface area contributed by atoms with Crippen molar-refractivity contribution in [2.24, 2.45) is 5.92 Å². The van der Waals surface area contributed by atoms with Crippen molar-refractivity contribution in [3.05, 3.63) is 33.7 Å². The van der Waals surface area contributed by atoms with Crippen LogP contribution in [0, 0.1) is 5.92 Å². The van der Waals surface area contributed by atoms with Crippen LogP contribution in [0.2, 0.25) is 10.0 Å². The molecule has 0 spiro atoms. The molecule has 0 amide bonds. The van der Waals surface area contributed by atoms with Gasteiger partial charge in [-0.3, -0.25) is 0 Å². The third kappa shape index (κ3) is 5.65. The number of hydrogen-bond acceptors (Lipinski definition) is 8. The maximum atomic E-state index is 6.72. The minimum atomic E-state index is 0.0609. The van der Waals surface area contributed by atoms with Crippen molar-refractivity contribution < 1.29 is 14.2 Å². The summed E-state index contributed by atoms with van der Waals surface area (Å²) in [6.45, 7) is 4.26. The van der Waals surface area contributed by atoms with Gasteiger partial charge in [0.1, 0.15) is 17.3 Å². The van der Waals surface area contributed by atoms with Gasteiger partial charge < -0.3 is 39.7 Å². The second-order valence-corrected chi connectivity index (χ2v) is 10.3. The van der Waals surface area contributed by atoms with E-state index < -0.39 is 0 Å². The molecule has 2 atom stereocenters. The standard InChI is InChI=1S/C26H31Cl2N6O3/c1-34-7-6-15(13-34)11-29-25-24-16(12-30-26(33-24)31-17-5-4-8-37-14-17)9-18(32-25)21-22(27)19(35-2)10-20(36-3)23(21)28/h9-10,12,15,17H,4-8,11,13-14H2,1-3H3,(H-,29,30,31,32,33)/q-1. The van der Waals surface area contributed by atoms with Gasteiger partial charge in [0.05, 0.1) is 36.6 Å². The van der Waals surface area contributed by atoms with Crippen LogP contribution in [0.25, 0.3) is 27.5 Å². The molecule has 1 N–H and O–H groups in total. The minimum Gasteiger partial charge on any atom is -0.495 e. The highest BCUT2D eigenvalue weighted by atomic mass is 35.5. The predicted molar refractivity (Wildman–Crippen MR) is 147 cm³/mol. The normalized spacial score (nSPS) is 20.2. The molecule has 4 heterocycles. The van der Waals surface area contributed by atoms with Crippen molar-refractivity contribution in [2.45, 2.75) is 25.3 Å². The molecule has 0 bridgehead atoms. The Morgan fingerprint density at radius 2 is 1.92 bits per heavy atom. The molecule has 0 aliphatic carbocycles. The first-order valence-corrected chi connectivity index (χ1v) is 13.2. The summed E-state index contributed by atoms with van der Waals surface area (Å²) in [6, 6.07) is 3.60. The fraction of sp³-hybridized carbons (Fsp3) is 0.500. The third-order valence-corrected chi connectivity index (χ3v) is 7.61. The molecule has 3 aromatic rings. The van der Waals surface area contributed by atoms with Gasteiger partial charge in [-0.05, 0) is 56.4 Å². The van der Waals surface area contributed by atoms with Crippen LogP contribution in [-0.4, -0.2) is 80.0 Å². The number of benzene rings is 1. The summed E-state index contributed by atoms with van der Waals surface area (Å²) in [7, 11) is 5.24. The number of anilines is 1. The Kier molecular flexibility index (Phi) is 8.04. The number of hydrogen-bond donors (Lipinski definition) is 1. The molecule has 0 radical (unpaired) electrons. The molecular formula is C26H31Cl2N6O3-. The molecule has 9 nitrogen and oxygen atoms in total. The topological polar surface area (TPSA) is 95.7 Å². The van der Waals surface area contributed by atoms with Crippen LogP contribution in [0.4, 0.5) is 11.8 Å². The van der Waals surface area contributed by atoms with E-state index in [2.05, 4.69) is 22.2 Å². The zero-order valence-corrected chi connectivity index (χ0v) is 22.8. The number of halogens is 2. The molecule has 2 unspecified atom stereocenters. The van der Waals surface area contributed by atoms with Gasteiger partial charge in [0.2, 0.25) is 0 Å². The van der Waals surface area contributed by atoms with Crippen LogP contribution < -0.4 is 14.8 Å². The number of nitrogens with one attached hydrogen (secondary N) is 1. The van der Waals surface area contributed by atoms with Gasteiger partial charge in [0.25, 0.3) is 0 Å². The Hall–Kier alpha value is -2.59. The van der Waals surface area contributed by atoms with Gasteiger partial charge in [0, 0.05) is 48.8 Å². The van der Waals surface area contributed by atoms with E-state index in [0.717, 1.165) is 50.9 Å². The van der Waals surface area contributed by atoms with Gasteiger partial charge in [-0.2, -0.15) is 0 Å². The maximum absolute atomic E-state index is 6.72. The first kappa shape index (κ1) is 26.0. The molecule has 2 aromatic heterocycles. The first-order chi connectivity index (χ1) is 18.0. The lowest BCUT2D eigenvalue weighted by atomic mass is 10.1. The highest BCUT2D eigenvalue weighted by Gasteiger charge is 2.23. The zero-order chi connectivity index (χ0) is 25.9. The Bertz CT molecular complexity index is 1240. The summed E-state index contributed by atoms with van der Waals surface area (Å²) < 4.78 is 16.5. The third-order valence-electron chi connectivity index (χ3n) is 6.86. The number of fused-ring (bicyclic) bond motifs is 1. The SMILES string of the molecule is COc1cc(OC)c(Cl)c(-c2cc3cnc([N-]C4CCCOC4)nc3c(NCC3CCN(C)C3)n2)c1Cl. The monoisotopic (exact) mass is 545 g/mol. The summed E-state index contributed by atoms with van der Waals surface area (Å²) in [5, 5.41) is 9.78. The van der Waals surface area contributed by atoms with Crippen molar-refractivity contribution in [3.63, 3.8) is 0 Å². The number of pyridine rings is 1. The molecule has 2 fully saturated rings. The lowest BCUT2D eigenvalue weighted by molar-refractivity contribution is 0.0903. The quantitative estimate of drug-likeness (QED) is 0.392. The van der Waals surface area contributed by atoms with Crippen LogP contribution in [0.5, 0.6) is 11.5 Å². The molecular weight excluding hydrogens is 515 g/mol. The van der Waals surface area contributed by atoms with Crippen molar-refractivity contribution in [2.75, 3.05) is 59.4 Å². The fourth-order valence-electron chi connectivity index (χ4n) is 4.88. The summed E-state index contributed by atoms with van der Waals surface area (Å²) in [6.07, 6.45) is 4.85. The smallest absolute Gasteiger partial charge is 0.141 e. The van der Waals surface area contributed by atoms with Crippen molar-refractivity contribution >= 4 is 45.9 Å². The van der Waals surface area contributed by atoms with E-state index in [-0.39, 0.29) is 6.04 Å². The number of nitrogens with zero attached hydrogens (tertiary/aromatic N) is 5. The van der Waals surface area contributed by atoms with Crippen LogP contribution in [-0.2, 0) is 4.74 Å². The lowest BCUT2D eigenvalue weighted by Crippen LogP contribution is -2.21. The Morgan fingerprint density at radius 1 is 1.14 bits per heavy atom. The Labute approximate surface area is 226 Å². The van der Waals surface area contributed by atoms with Gasteiger partial charge in [-0.15, -0.1) is 0 Å². The van der Waals surface area contributed by atoms with E-state index in [1.54, 1.807) is 26.5 Å². The van der Waals surface area contributed by atoms with Gasteiger partial charge in [-0.1, -0.05) is 23.2 Å². The van der Waals surface area contributed by atoms with Gasteiger partial charge >= 0.3 is 0 Å². The Balaban J connectivity index is 1.57. The largest absolute Gasteiger partial charge is 0.495 e. The van der Waals surface area contributed by atoms with E-state index in [4.69, 9.17) is 52.7 Å². The van der Waals surface area contributed by atoms with Crippen molar-refractivity contribution in [1.29, 1.82) is 0 Å². The van der Waals surface area contributed by atoms with Crippen molar-refractivity contribution in [1.82, 2.24) is 19.9 Å². The van der Waals surface area contributed by atoms with Crippen LogP contribution in [0.3, 0.4) is 0 Å². The molecule has 2 saturated heterocycles. The lowest BCUT2D eigenvalue weighted by Gasteiger charge is -2.27. The van der Waals surface area contributed by atoms with E-state index in [1.165, 1.54) is 0 Å². The average molecular weight is 546 g/mol. The zero-order valence-electron chi connectivity index (χ0n) is 21.3. The molecule has 0 saturated carbocycles. The highest BCUT2D eigenvalue weighted by molar-refractivity contribution is 6.41. The molecule has 1 aromatic carbocycles. The van der Waals surface area contributed by atoms with E-state index in [1.807, 2.05) is 6.07 Å². The Morgan fingerprint density at radius 3 is 2.57 bits per heavy atom. The number of likely N-dealkylation sites (tertiary alicyclic amines) is 1. The number of rotatable bonds is 8. The summed E-state index contributed by atoms with van der Waals surface area (Å²) >= 11 is 13.4. The van der Waals surface area contributed by atoms with Gasteiger partial charge in [0.15, 0.2) is 0 Å². The molecule has 5 rings (SSSR count). The summed E-state index contributed by atoms with van der Waals surface area (Å²) in [5.74, 6) is 2.47. The number of aromatic nitrogens is 3. The molecule has 11 heteroatoms. The maximum Gasteiger partial charge on any atom is 0.141 e. The van der Waals surface area contributed by atoms with E-state index in [0.29, 0.717) is 62.6 Å². The van der Waals surface area contributed by atoms with E-state index in [9.17, 15) is 0 Å². The fourth-order valence-corrected chi connectivity index (χ4v) is 5.57. The second-order valence-electron chi connectivity index (χ2n) is 9.55. The second kappa shape index (κ2) is 11.4. The minimum absolute atomic E-state index is 0.0609. The van der Waals surface area contributed by atoms with Crippen molar-refractivity contribution in [3.8, 4) is 22.8 Å².